The van der Waals surface area contributed by atoms with Crippen LogP contribution >= 0.6 is 0 Å². The molecule has 0 saturated carbocycles. The number of nitrogens with zero attached hydrogens (tertiary/aromatic N) is 3. The van der Waals surface area contributed by atoms with E-state index in [1.807, 2.05) is 43.3 Å². The lowest BCUT2D eigenvalue weighted by molar-refractivity contribution is -0.953. The van der Waals surface area contributed by atoms with Gasteiger partial charge >= 0.3 is 0 Å². The maximum atomic E-state index is 14.0. The van der Waals surface area contributed by atoms with E-state index in [2.05, 4.69) is 66.5 Å². The molecule has 7 nitrogen and oxygen atoms in total. The summed E-state index contributed by atoms with van der Waals surface area (Å²) in [6.45, 7) is 13.5. The maximum absolute atomic E-state index is 14.0. The molecule has 0 amide bonds. The molecule has 254 valence electrons. The second-order valence-corrected chi connectivity index (χ2v) is 16.6. The highest BCUT2D eigenvalue weighted by Gasteiger charge is 2.42. The van der Waals surface area contributed by atoms with Crippen LogP contribution in [0.15, 0.2) is 71.6 Å². The molecule has 1 N–H and O–H groups in total. The highest BCUT2D eigenvalue weighted by atomic mass is 32.2. The van der Waals surface area contributed by atoms with Gasteiger partial charge in [0.05, 0.1) is 36.3 Å². The molecule has 0 aromatic heterocycles. The van der Waals surface area contributed by atoms with Crippen LogP contribution in [-0.4, -0.2) is 82.5 Å². The van der Waals surface area contributed by atoms with Crippen molar-refractivity contribution in [2.45, 2.75) is 82.0 Å². The summed E-state index contributed by atoms with van der Waals surface area (Å²) in [5.74, 6) is 0.942. The summed E-state index contributed by atoms with van der Waals surface area (Å²) < 4.78 is 35.6. The lowest BCUT2D eigenvalue weighted by Crippen LogP contribution is -2.66. The number of ether oxygens (including phenoxy) is 1. The highest BCUT2D eigenvalue weighted by Crippen LogP contribution is 2.40. The zero-order valence-electron chi connectivity index (χ0n) is 29.0. The fraction of sp³-hybridized carbons (Fsp3) is 0.538. The molecule has 4 aliphatic heterocycles. The number of fused-ring (bicyclic) bond motifs is 4. The number of benzene rings is 3. The second kappa shape index (κ2) is 14.3. The number of unbranched alkanes of at least 4 members (excludes halogenated alkanes) is 2. The number of anilines is 1. The Morgan fingerprint density at radius 1 is 0.872 bits per heavy atom. The van der Waals surface area contributed by atoms with Crippen LogP contribution in [0.2, 0.25) is 0 Å². The molecular weight excluding hydrogens is 605 g/mol. The topological polar surface area (TPSA) is 61.9 Å². The molecule has 0 radical (unpaired) electrons. The van der Waals surface area contributed by atoms with Gasteiger partial charge in [0.2, 0.25) is 0 Å². The van der Waals surface area contributed by atoms with E-state index in [0.29, 0.717) is 11.5 Å². The predicted molar refractivity (Wildman–Crippen MR) is 192 cm³/mol. The summed E-state index contributed by atoms with van der Waals surface area (Å²) >= 11 is 0. The van der Waals surface area contributed by atoms with Gasteiger partial charge in [-0.05, 0) is 59.9 Å². The third-order valence-electron chi connectivity index (χ3n) is 10.9. The van der Waals surface area contributed by atoms with Crippen molar-refractivity contribution in [2.75, 3.05) is 64.0 Å². The van der Waals surface area contributed by atoms with Gasteiger partial charge < -0.3 is 14.1 Å². The van der Waals surface area contributed by atoms with Gasteiger partial charge in [0.25, 0.3) is 0 Å². The monoisotopic (exact) mass is 659 g/mol. The lowest BCUT2D eigenvalue weighted by Gasteiger charge is -2.50. The lowest BCUT2D eigenvalue weighted by atomic mass is 9.86. The molecule has 4 aliphatic rings. The van der Waals surface area contributed by atoms with Crippen molar-refractivity contribution in [3.63, 3.8) is 0 Å². The molecule has 4 heterocycles. The van der Waals surface area contributed by atoms with Gasteiger partial charge in [-0.1, -0.05) is 75.9 Å². The summed E-state index contributed by atoms with van der Waals surface area (Å²) in [7, 11) is 0.498. The van der Waals surface area contributed by atoms with Crippen LogP contribution in [0, 0.1) is 0 Å². The number of nitrogens with one attached hydrogen (secondary N) is 1. The Morgan fingerprint density at radius 2 is 1.49 bits per heavy atom. The number of hydrogen-bond acceptors (Lipinski definition) is 6. The molecule has 3 aromatic rings. The normalized spacial score (nSPS) is 24.3. The molecule has 0 aliphatic carbocycles. The van der Waals surface area contributed by atoms with Crippen molar-refractivity contribution in [3.8, 4) is 5.75 Å². The van der Waals surface area contributed by atoms with E-state index in [1.54, 1.807) is 0 Å². The van der Waals surface area contributed by atoms with Crippen molar-refractivity contribution < 1.29 is 17.6 Å². The zero-order chi connectivity index (χ0) is 33.1. The Bertz CT molecular complexity index is 1570. The van der Waals surface area contributed by atoms with Crippen LogP contribution < -0.4 is 15.0 Å². The standard InChI is InChI=1S/C39H55N4O3S/c1-5-7-19-39(20-8-6-2)30-47(44,45)37-18-15-34(41(3)4)27-36(37)38(40-39)33-13-16-35(17-14-33)46-29-32-11-9-31(10-12-32)28-43-24-21-42(22-25-43)23-26-43/h9-18,27,38,40H,5-8,19-26,28-30H2,1-4H3/q+1/t38-/m1/s1. The smallest absolute Gasteiger partial charge is 0.180 e. The number of rotatable bonds is 13. The minimum absolute atomic E-state index is 0.128. The molecule has 0 unspecified atom stereocenters. The van der Waals surface area contributed by atoms with Crippen molar-refractivity contribution >= 4 is 15.5 Å². The average Bonchev–Trinajstić information content (AvgIpc) is 3.18. The second-order valence-electron chi connectivity index (χ2n) is 14.6. The summed E-state index contributed by atoms with van der Waals surface area (Å²) in [6, 6.07) is 22.8. The van der Waals surface area contributed by atoms with Gasteiger partial charge in [-0.3, -0.25) is 10.2 Å². The molecule has 47 heavy (non-hydrogen) atoms. The Kier molecular flexibility index (Phi) is 10.3. The number of hydrogen-bond donors (Lipinski definition) is 1. The van der Waals surface area contributed by atoms with Crippen molar-refractivity contribution in [2.24, 2.45) is 0 Å². The number of sulfone groups is 1. The van der Waals surface area contributed by atoms with Crippen LogP contribution in [0.5, 0.6) is 5.75 Å². The minimum Gasteiger partial charge on any atom is -0.489 e. The molecule has 8 heteroatoms. The largest absolute Gasteiger partial charge is 0.489 e. The quantitative estimate of drug-likeness (QED) is 0.210. The number of piperazine rings is 3. The van der Waals surface area contributed by atoms with Crippen LogP contribution in [-0.2, 0) is 23.0 Å². The number of quaternary nitrogens is 1. The SMILES string of the molecule is CCCCC1(CCCC)CS(=O)(=O)c2ccc(N(C)C)cc2[C@@H](c2ccc(OCc3ccc(C[N+]45CCN(CC4)CC5)cc3)cc2)N1. The molecule has 7 rings (SSSR count). The summed E-state index contributed by atoms with van der Waals surface area (Å²) in [5.41, 5.74) is 4.97. The minimum atomic E-state index is -3.50. The van der Waals surface area contributed by atoms with E-state index in [0.717, 1.165) is 67.6 Å². The molecule has 3 fully saturated rings. The first-order valence-electron chi connectivity index (χ1n) is 17.8. The first-order chi connectivity index (χ1) is 22.6. The maximum Gasteiger partial charge on any atom is 0.180 e. The third-order valence-corrected chi connectivity index (χ3v) is 12.9. The average molecular weight is 660 g/mol. The van der Waals surface area contributed by atoms with Crippen molar-refractivity contribution in [1.82, 2.24) is 10.2 Å². The van der Waals surface area contributed by atoms with Gasteiger partial charge in [0, 0.05) is 50.5 Å². The Labute approximate surface area is 283 Å². The van der Waals surface area contributed by atoms with E-state index in [1.165, 1.54) is 54.9 Å². The molecule has 3 saturated heterocycles. The van der Waals surface area contributed by atoms with Gasteiger partial charge in [-0.25, -0.2) is 8.42 Å². The Morgan fingerprint density at radius 3 is 2.09 bits per heavy atom. The van der Waals surface area contributed by atoms with Crippen LogP contribution in [0.4, 0.5) is 5.69 Å². The van der Waals surface area contributed by atoms with Crippen molar-refractivity contribution in [3.05, 3.63) is 89.0 Å². The van der Waals surface area contributed by atoms with E-state index in [9.17, 15) is 8.42 Å². The molecule has 0 spiro atoms. The molecule has 3 aromatic carbocycles. The summed E-state index contributed by atoms with van der Waals surface area (Å²) in [4.78, 5) is 5.08. The van der Waals surface area contributed by atoms with Crippen LogP contribution in [0.3, 0.4) is 0 Å². The third kappa shape index (κ3) is 7.72. The van der Waals surface area contributed by atoms with E-state index < -0.39 is 15.4 Å². The van der Waals surface area contributed by atoms with Gasteiger partial charge in [0.1, 0.15) is 18.9 Å². The fourth-order valence-electron chi connectivity index (χ4n) is 7.92. The first-order valence-corrected chi connectivity index (χ1v) is 19.5. The fourth-order valence-corrected chi connectivity index (χ4v) is 9.98. The van der Waals surface area contributed by atoms with E-state index in [-0.39, 0.29) is 11.8 Å². The van der Waals surface area contributed by atoms with Crippen molar-refractivity contribution in [1.29, 1.82) is 0 Å². The Balaban J connectivity index is 1.21. The molecule has 1 atom stereocenters. The zero-order valence-corrected chi connectivity index (χ0v) is 29.8. The Hall–Kier alpha value is -2.91. The highest BCUT2D eigenvalue weighted by molar-refractivity contribution is 7.91. The van der Waals surface area contributed by atoms with Gasteiger partial charge in [0.15, 0.2) is 9.84 Å². The first kappa shape index (κ1) is 34.0. The van der Waals surface area contributed by atoms with Crippen LogP contribution in [0.25, 0.3) is 0 Å². The molecule has 2 bridgehead atoms. The van der Waals surface area contributed by atoms with E-state index in [4.69, 9.17) is 4.74 Å². The molecular formula is C39H55N4O3S+. The van der Waals surface area contributed by atoms with E-state index >= 15 is 0 Å². The van der Waals surface area contributed by atoms with Crippen LogP contribution in [0.1, 0.15) is 80.7 Å². The van der Waals surface area contributed by atoms with Gasteiger partial charge in [-0.15, -0.1) is 0 Å². The predicted octanol–water partition coefficient (Wildman–Crippen LogP) is 6.56. The summed E-state index contributed by atoms with van der Waals surface area (Å²) in [6.07, 6.45) is 5.73. The van der Waals surface area contributed by atoms with Gasteiger partial charge in [-0.2, -0.15) is 0 Å². The summed E-state index contributed by atoms with van der Waals surface area (Å²) in [5, 5.41) is 3.97.